The molecule has 0 spiro atoms. The van der Waals surface area contributed by atoms with Gasteiger partial charge in [-0.2, -0.15) is 0 Å². The van der Waals surface area contributed by atoms with E-state index in [1.54, 1.807) is 0 Å². The molecule has 1 atom stereocenters. The van der Waals surface area contributed by atoms with Crippen LogP contribution in [0.2, 0.25) is 0 Å². The highest BCUT2D eigenvalue weighted by Crippen LogP contribution is 2.42. The lowest BCUT2D eigenvalue weighted by Crippen LogP contribution is -2.54. The molecular weight excluding hydrogens is 282 g/mol. The maximum Gasteiger partial charge on any atom is 0.130 e. The second kappa shape index (κ2) is 6.10. The van der Waals surface area contributed by atoms with Crippen LogP contribution in [0.1, 0.15) is 44.7 Å². The van der Waals surface area contributed by atoms with Gasteiger partial charge in [0.1, 0.15) is 5.60 Å². The molecule has 0 saturated carbocycles. The summed E-state index contributed by atoms with van der Waals surface area (Å²) in [7, 11) is 0. The van der Waals surface area contributed by atoms with Crippen molar-refractivity contribution >= 4 is 0 Å². The third kappa shape index (κ3) is 2.93. The Morgan fingerprint density at radius 3 is 1.78 bits per heavy atom. The van der Waals surface area contributed by atoms with Crippen molar-refractivity contribution < 1.29 is 5.11 Å². The number of rotatable bonds is 3. The highest BCUT2D eigenvalue weighted by atomic mass is 16.3. The number of hydrogen-bond donors (Lipinski definition) is 1. The molecule has 2 heteroatoms. The second-order valence-electron chi connectivity index (χ2n) is 7.52. The molecule has 1 N–H and O–H groups in total. The van der Waals surface area contributed by atoms with Crippen LogP contribution in [0.4, 0.5) is 0 Å². The fraction of sp³-hybridized carbons (Fsp3) is 0.429. The lowest BCUT2D eigenvalue weighted by molar-refractivity contribution is -0.0339. The van der Waals surface area contributed by atoms with Crippen molar-refractivity contribution in [3.8, 4) is 0 Å². The van der Waals surface area contributed by atoms with E-state index in [2.05, 4.69) is 25.7 Å². The Balaban J connectivity index is 2.13. The Hall–Kier alpha value is -1.64. The van der Waals surface area contributed by atoms with Gasteiger partial charge in [-0.05, 0) is 51.3 Å². The molecule has 2 aromatic carbocycles. The minimum atomic E-state index is -0.980. The van der Waals surface area contributed by atoms with Crippen molar-refractivity contribution in [3.63, 3.8) is 0 Å². The molecule has 0 aromatic heterocycles. The monoisotopic (exact) mass is 309 g/mol. The summed E-state index contributed by atoms with van der Waals surface area (Å²) >= 11 is 0. The molecule has 1 heterocycles. The maximum absolute atomic E-state index is 11.9. The number of aliphatic hydroxyl groups is 1. The Bertz CT molecular complexity index is 590. The van der Waals surface area contributed by atoms with E-state index in [1.807, 2.05) is 60.7 Å². The van der Waals surface area contributed by atoms with E-state index in [0.29, 0.717) is 0 Å². The fourth-order valence-corrected chi connectivity index (χ4v) is 3.94. The zero-order valence-electron chi connectivity index (χ0n) is 14.4. The van der Waals surface area contributed by atoms with Gasteiger partial charge in [0.05, 0.1) is 0 Å². The zero-order valence-corrected chi connectivity index (χ0v) is 14.4. The smallest absolute Gasteiger partial charge is 0.130 e. The normalized spacial score (nSPS) is 19.9. The maximum atomic E-state index is 11.9. The van der Waals surface area contributed by atoms with Gasteiger partial charge in [-0.1, -0.05) is 60.7 Å². The zero-order chi connectivity index (χ0) is 16.5. The standard InChI is InChI=1S/C21H27NO/c1-20(2,3)22-16-10-15-19(22)21(23,17-11-6-4-7-12-17)18-13-8-5-9-14-18/h4-9,11-14,19,23H,10,15-16H2,1-3H3/t19-/m1/s1. The molecule has 0 radical (unpaired) electrons. The molecule has 0 amide bonds. The summed E-state index contributed by atoms with van der Waals surface area (Å²) < 4.78 is 0. The van der Waals surface area contributed by atoms with Crippen molar-refractivity contribution in [3.05, 3.63) is 71.8 Å². The number of likely N-dealkylation sites (tertiary alicyclic amines) is 1. The average Bonchev–Trinajstić information content (AvgIpc) is 3.06. The van der Waals surface area contributed by atoms with Crippen LogP contribution in [0.5, 0.6) is 0 Å². The molecule has 1 saturated heterocycles. The summed E-state index contributed by atoms with van der Waals surface area (Å²) in [5, 5.41) is 11.9. The van der Waals surface area contributed by atoms with Crippen LogP contribution >= 0.6 is 0 Å². The average molecular weight is 309 g/mol. The van der Waals surface area contributed by atoms with Crippen LogP contribution in [0, 0.1) is 0 Å². The van der Waals surface area contributed by atoms with Gasteiger partial charge in [-0.3, -0.25) is 4.90 Å². The first-order valence-corrected chi connectivity index (χ1v) is 8.54. The number of hydrogen-bond acceptors (Lipinski definition) is 2. The van der Waals surface area contributed by atoms with Crippen LogP contribution in [0.15, 0.2) is 60.7 Å². The van der Waals surface area contributed by atoms with Crippen molar-refractivity contribution in [1.29, 1.82) is 0 Å². The summed E-state index contributed by atoms with van der Waals surface area (Å²) in [5.41, 5.74) is 1.02. The number of nitrogens with zero attached hydrogens (tertiary/aromatic N) is 1. The topological polar surface area (TPSA) is 23.5 Å². The molecule has 2 nitrogen and oxygen atoms in total. The van der Waals surface area contributed by atoms with E-state index in [1.165, 1.54) is 0 Å². The van der Waals surface area contributed by atoms with Crippen molar-refractivity contribution in [2.24, 2.45) is 0 Å². The molecule has 2 aromatic rings. The summed E-state index contributed by atoms with van der Waals surface area (Å²) in [6.07, 6.45) is 2.14. The molecule has 3 rings (SSSR count). The van der Waals surface area contributed by atoms with Crippen molar-refractivity contribution in [2.45, 2.75) is 50.8 Å². The van der Waals surface area contributed by atoms with E-state index >= 15 is 0 Å². The second-order valence-corrected chi connectivity index (χ2v) is 7.52. The summed E-state index contributed by atoms with van der Waals surface area (Å²) in [4.78, 5) is 2.47. The van der Waals surface area contributed by atoms with Gasteiger partial charge in [-0.25, -0.2) is 0 Å². The van der Waals surface area contributed by atoms with E-state index in [-0.39, 0.29) is 11.6 Å². The molecule has 122 valence electrons. The molecule has 23 heavy (non-hydrogen) atoms. The van der Waals surface area contributed by atoms with Gasteiger partial charge >= 0.3 is 0 Å². The predicted octanol–water partition coefficient (Wildman–Crippen LogP) is 4.19. The first-order chi connectivity index (χ1) is 10.9. The quantitative estimate of drug-likeness (QED) is 0.919. The largest absolute Gasteiger partial charge is 0.379 e. The minimum absolute atomic E-state index is 0.0404. The molecule has 1 aliphatic heterocycles. The molecular formula is C21H27NO. The molecule has 0 aliphatic carbocycles. The molecule has 0 unspecified atom stereocenters. The summed E-state index contributed by atoms with van der Waals surface area (Å²) in [6.45, 7) is 7.75. The third-order valence-corrected chi connectivity index (χ3v) is 5.02. The van der Waals surface area contributed by atoms with E-state index in [9.17, 15) is 5.11 Å². The van der Waals surface area contributed by atoms with Crippen LogP contribution in [-0.4, -0.2) is 28.1 Å². The Labute approximate surface area is 139 Å². The van der Waals surface area contributed by atoms with Gasteiger partial charge in [0.15, 0.2) is 0 Å². The van der Waals surface area contributed by atoms with Crippen LogP contribution in [-0.2, 0) is 5.60 Å². The third-order valence-electron chi connectivity index (χ3n) is 5.02. The van der Waals surface area contributed by atoms with E-state index in [0.717, 1.165) is 30.5 Å². The molecule has 1 fully saturated rings. The van der Waals surface area contributed by atoms with Crippen LogP contribution < -0.4 is 0 Å². The number of benzene rings is 2. The summed E-state index contributed by atoms with van der Waals surface area (Å²) in [6, 6.07) is 20.3. The lowest BCUT2D eigenvalue weighted by Gasteiger charge is -2.45. The molecule has 1 aliphatic rings. The summed E-state index contributed by atoms with van der Waals surface area (Å²) in [5.74, 6) is 0. The highest BCUT2D eigenvalue weighted by molar-refractivity contribution is 5.38. The van der Waals surface area contributed by atoms with E-state index in [4.69, 9.17) is 0 Å². The van der Waals surface area contributed by atoms with Gasteiger partial charge < -0.3 is 5.11 Å². The molecule has 0 bridgehead atoms. The van der Waals surface area contributed by atoms with Crippen LogP contribution in [0.25, 0.3) is 0 Å². The van der Waals surface area contributed by atoms with Gasteiger partial charge in [0.2, 0.25) is 0 Å². The van der Waals surface area contributed by atoms with Crippen LogP contribution in [0.3, 0.4) is 0 Å². The predicted molar refractivity (Wildman–Crippen MR) is 95.4 cm³/mol. The first-order valence-electron chi connectivity index (χ1n) is 8.54. The first kappa shape index (κ1) is 16.2. The van der Waals surface area contributed by atoms with E-state index < -0.39 is 5.60 Å². The van der Waals surface area contributed by atoms with Crippen molar-refractivity contribution in [2.75, 3.05) is 6.54 Å². The Morgan fingerprint density at radius 1 is 0.870 bits per heavy atom. The minimum Gasteiger partial charge on any atom is -0.379 e. The fourth-order valence-electron chi connectivity index (χ4n) is 3.94. The highest BCUT2D eigenvalue weighted by Gasteiger charge is 2.48. The van der Waals surface area contributed by atoms with Crippen molar-refractivity contribution in [1.82, 2.24) is 4.90 Å². The Kier molecular flexibility index (Phi) is 4.31. The van der Waals surface area contributed by atoms with Gasteiger partial charge in [-0.15, -0.1) is 0 Å². The lowest BCUT2D eigenvalue weighted by atomic mass is 9.78. The SMILES string of the molecule is CC(C)(C)N1CCC[C@@H]1C(O)(c1ccccc1)c1ccccc1. The van der Waals surface area contributed by atoms with Gasteiger partial charge in [0, 0.05) is 11.6 Å². The van der Waals surface area contributed by atoms with Gasteiger partial charge in [0.25, 0.3) is 0 Å². The Morgan fingerprint density at radius 2 is 1.35 bits per heavy atom.